The number of carbonyl (C=O) groups excluding carboxylic acids is 1. The molecule has 3 unspecified atom stereocenters. The molecule has 0 aromatic heterocycles. The summed E-state index contributed by atoms with van der Waals surface area (Å²) in [4.78, 5) is 11.3. The van der Waals surface area contributed by atoms with Crippen LogP contribution in [0.3, 0.4) is 0 Å². The van der Waals surface area contributed by atoms with Crippen molar-refractivity contribution < 1.29 is 23.7 Å². The first-order valence-corrected chi connectivity index (χ1v) is 4.14. The minimum atomic E-state index is -0.768. The van der Waals surface area contributed by atoms with Crippen LogP contribution in [0.25, 0.3) is 0 Å². The molecule has 0 aromatic rings. The lowest BCUT2D eigenvalue weighted by atomic mass is 10.0. The van der Waals surface area contributed by atoms with Gasteiger partial charge in [-0.3, -0.25) is 0 Å². The molecule has 14 heavy (non-hydrogen) atoms. The van der Waals surface area contributed by atoms with E-state index in [0.717, 1.165) is 0 Å². The molecular weight excluding hydrogens is 188 g/mol. The first kappa shape index (κ1) is 11.2. The van der Waals surface area contributed by atoms with Crippen LogP contribution in [0.4, 0.5) is 0 Å². The summed E-state index contributed by atoms with van der Waals surface area (Å²) in [5.74, 6) is -0.254. The van der Waals surface area contributed by atoms with Gasteiger partial charge in [-0.15, -0.1) is 0 Å². The van der Waals surface area contributed by atoms with Crippen LogP contribution in [0.5, 0.6) is 0 Å². The van der Waals surface area contributed by atoms with Gasteiger partial charge in [0.1, 0.15) is 18.0 Å². The Morgan fingerprint density at radius 2 is 1.71 bits per heavy atom. The van der Waals surface area contributed by atoms with Crippen molar-refractivity contribution in [3.63, 3.8) is 0 Å². The van der Waals surface area contributed by atoms with Gasteiger partial charge in [0.25, 0.3) is 0 Å². The fourth-order valence-corrected chi connectivity index (χ4v) is 1.46. The summed E-state index contributed by atoms with van der Waals surface area (Å²) >= 11 is 0. The van der Waals surface area contributed by atoms with Crippen LogP contribution in [-0.2, 0) is 23.7 Å². The Morgan fingerprint density at radius 1 is 1.14 bits per heavy atom. The van der Waals surface area contributed by atoms with Gasteiger partial charge in [0, 0.05) is 21.3 Å². The van der Waals surface area contributed by atoms with E-state index >= 15 is 0 Å². The van der Waals surface area contributed by atoms with Gasteiger partial charge in [0.2, 0.25) is 0 Å². The van der Waals surface area contributed by atoms with Crippen molar-refractivity contribution in [1.82, 2.24) is 0 Å². The Labute approximate surface area is 82.6 Å². The van der Waals surface area contributed by atoms with Crippen molar-refractivity contribution in [1.29, 1.82) is 0 Å². The van der Waals surface area contributed by atoms with E-state index in [1.54, 1.807) is 0 Å². The maximum Gasteiger partial charge on any atom is 0.343 e. The Balaban J connectivity index is 2.87. The smallest absolute Gasteiger partial charge is 0.343 e. The fourth-order valence-electron chi connectivity index (χ4n) is 1.46. The van der Waals surface area contributed by atoms with Crippen molar-refractivity contribution in [3.8, 4) is 0 Å². The predicted molar refractivity (Wildman–Crippen MR) is 47.6 cm³/mol. The van der Waals surface area contributed by atoms with E-state index in [9.17, 15) is 4.79 Å². The highest BCUT2D eigenvalue weighted by Gasteiger charge is 2.43. The van der Waals surface area contributed by atoms with Crippen LogP contribution in [0.2, 0.25) is 0 Å². The monoisotopic (exact) mass is 202 g/mol. The van der Waals surface area contributed by atoms with E-state index in [1.807, 2.05) is 0 Å². The van der Waals surface area contributed by atoms with Gasteiger partial charge in [0.15, 0.2) is 6.10 Å². The number of hydrogen-bond donors (Lipinski definition) is 0. The molecule has 1 heterocycles. The van der Waals surface area contributed by atoms with Crippen LogP contribution >= 0.6 is 0 Å². The lowest BCUT2D eigenvalue weighted by molar-refractivity contribution is -0.184. The lowest BCUT2D eigenvalue weighted by Gasteiger charge is -2.34. The summed E-state index contributed by atoms with van der Waals surface area (Å²) in [6.07, 6.45) is -1.77. The molecule has 1 aliphatic rings. The van der Waals surface area contributed by atoms with Gasteiger partial charge in [-0.05, 0) is 0 Å². The molecule has 0 radical (unpaired) electrons. The summed E-state index contributed by atoms with van der Waals surface area (Å²) in [6, 6.07) is 0. The van der Waals surface area contributed by atoms with Crippen LogP contribution in [0.1, 0.15) is 0 Å². The summed E-state index contributed by atoms with van der Waals surface area (Å²) in [7, 11) is 4.39. The first-order chi connectivity index (χ1) is 6.65. The van der Waals surface area contributed by atoms with Gasteiger partial charge < -0.3 is 18.9 Å². The maximum atomic E-state index is 11.3. The second-order valence-electron chi connectivity index (χ2n) is 2.90. The molecule has 80 valence electrons. The highest BCUT2D eigenvalue weighted by Crippen LogP contribution is 2.24. The fraction of sp³-hybridized carbons (Fsp3) is 0.667. The van der Waals surface area contributed by atoms with Crippen LogP contribution in [0.15, 0.2) is 12.3 Å². The molecule has 1 rings (SSSR count). The molecule has 0 aliphatic carbocycles. The molecule has 0 amide bonds. The van der Waals surface area contributed by atoms with E-state index in [4.69, 9.17) is 18.9 Å². The number of carbonyl (C=O) groups is 1. The SMILES string of the molecule is C=C1OC(=O)C(OC)C(OC)C1OC. The van der Waals surface area contributed by atoms with Gasteiger partial charge in [-0.2, -0.15) is 0 Å². The zero-order valence-corrected chi connectivity index (χ0v) is 8.48. The quantitative estimate of drug-likeness (QED) is 0.607. The van der Waals surface area contributed by atoms with E-state index < -0.39 is 24.3 Å². The van der Waals surface area contributed by atoms with Gasteiger partial charge in [-0.25, -0.2) is 4.79 Å². The zero-order valence-electron chi connectivity index (χ0n) is 8.48. The van der Waals surface area contributed by atoms with Crippen molar-refractivity contribution in [3.05, 3.63) is 12.3 Å². The molecule has 1 fully saturated rings. The number of cyclic esters (lactones) is 1. The normalized spacial score (nSPS) is 32.9. The average Bonchev–Trinajstić information content (AvgIpc) is 2.16. The third-order valence-corrected chi connectivity index (χ3v) is 2.16. The van der Waals surface area contributed by atoms with Gasteiger partial charge >= 0.3 is 5.97 Å². The molecule has 0 aromatic carbocycles. The molecule has 0 bridgehead atoms. The third kappa shape index (κ3) is 1.79. The largest absolute Gasteiger partial charge is 0.427 e. The topological polar surface area (TPSA) is 54.0 Å². The van der Waals surface area contributed by atoms with Crippen LogP contribution in [0, 0.1) is 0 Å². The van der Waals surface area contributed by atoms with E-state index in [-0.39, 0.29) is 5.76 Å². The Kier molecular flexibility index (Phi) is 3.62. The Morgan fingerprint density at radius 3 is 2.14 bits per heavy atom. The molecule has 1 aliphatic heterocycles. The third-order valence-electron chi connectivity index (χ3n) is 2.16. The number of ether oxygens (including phenoxy) is 4. The first-order valence-electron chi connectivity index (χ1n) is 4.14. The standard InChI is InChI=1S/C9H14O5/c1-5-6(11-2)7(12-3)8(13-4)9(10)14-5/h6-8H,1H2,2-4H3. The summed E-state index contributed by atoms with van der Waals surface area (Å²) in [6.45, 7) is 3.58. The summed E-state index contributed by atoms with van der Waals surface area (Å²) < 4.78 is 20.1. The molecule has 0 spiro atoms. The van der Waals surface area contributed by atoms with E-state index in [0.29, 0.717) is 0 Å². The highest BCUT2D eigenvalue weighted by atomic mass is 16.6. The van der Waals surface area contributed by atoms with E-state index in [2.05, 4.69) is 6.58 Å². The maximum absolute atomic E-state index is 11.3. The van der Waals surface area contributed by atoms with Crippen molar-refractivity contribution >= 4 is 5.97 Å². The molecule has 0 saturated carbocycles. The van der Waals surface area contributed by atoms with Crippen LogP contribution < -0.4 is 0 Å². The van der Waals surface area contributed by atoms with Crippen molar-refractivity contribution in [2.75, 3.05) is 21.3 Å². The lowest BCUT2D eigenvalue weighted by Crippen LogP contribution is -2.51. The molecular formula is C9H14O5. The second-order valence-corrected chi connectivity index (χ2v) is 2.90. The minimum Gasteiger partial charge on any atom is -0.427 e. The summed E-state index contributed by atoms with van der Waals surface area (Å²) in [5.41, 5.74) is 0. The minimum absolute atomic E-state index is 0.248. The zero-order chi connectivity index (χ0) is 10.7. The average molecular weight is 202 g/mol. The molecule has 5 nitrogen and oxygen atoms in total. The molecule has 1 saturated heterocycles. The number of rotatable bonds is 3. The van der Waals surface area contributed by atoms with Crippen molar-refractivity contribution in [2.24, 2.45) is 0 Å². The van der Waals surface area contributed by atoms with Crippen molar-refractivity contribution in [2.45, 2.75) is 18.3 Å². The Bertz CT molecular complexity index is 215. The second kappa shape index (κ2) is 4.54. The number of esters is 1. The van der Waals surface area contributed by atoms with Gasteiger partial charge in [-0.1, -0.05) is 6.58 Å². The van der Waals surface area contributed by atoms with Crippen LogP contribution in [-0.4, -0.2) is 45.6 Å². The molecule has 5 heteroatoms. The van der Waals surface area contributed by atoms with Gasteiger partial charge in [0.05, 0.1) is 0 Å². The highest BCUT2D eigenvalue weighted by molar-refractivity contribution is 5.78. The number of methoxy groups -OCH3 is 3. The number of hydrogen-bond acceptors (Lipinski definition) is 5. The van der Waals surface area contributed by atoms with E-state index in [1.165, 1.54) is 21.3 Å². The predicted octanol–water partition coefficient (Wildman–Crippen LogP) is 0.102. The Hall–Kier alpha value is -0.910. The molecule has 0 N–H and O–H groups in total. The summed E-state index contributed by atoms with van der Waals surface area (Å²) in [5, 5.41) is 0. The molecule has 3 atom stereocenters.